The van der Waals surface area contributed by atoms with Crippen molar-refractivity contribution in [2.75, 3.05) is 18.4 Å². The molecular weight excluding hydrogens is 409 g/mol. The SMILES string of the molecule is Cn1cnc2c(F)cc(N[C@]3(c4c(F)ccc(Cl)c4Cl)CCNC3)cc2c1=O. The maximum absolute atomic E-state index is 14.7. The van der Waals surface area contributed by atoms with Crippen molar-refractivity contribution in [3.8, 4) is 0 Å². The number of aromatic nitrogens is 2. The van der Waals surface area contributed by atoms with Crippen molar-refractivity contribution in [2.24, 2.45) is 7.05 Å². The van der Waals surface area contributed by atoms with Crippen LogP contribution in [0.5, 0.6) is 0 Å². The summed E-state index contributed by atoms with van der Waals surface area (Å²) in [5.41, 5.74) is -0.794. The first-order valence-corrected chi connectivity index (χ1v) is 9.36. The third kappa shape index (κ3) is 3.03. The lowest BCUT2D eigenvalue weighted by molar-refractivity contribution is 0.495. The van der Waals surface area contributed by atoms with Crippen molar-refractivity contribution < 1.29 is 8.78 Å². The van der Waals surface area contributed by atoms with E-state index in [2.05, 4.69) is 15.6 Å². The molecule has 0 saturated carbocycles. The summed E-state index contributed by atoms with van der Waals surface area (Å²) in [6.45, 7) is 0.962. The van der Waals surface area contributed by atoms with Gasteiger partial charge in [-0.05, 0) is 37.2 Å². The van der Waals surface area contributed by atoms with Gasteiger partial charge in [-0.3, -0.25) is 4.79 Å². The summed E-state index contributed by atoms with van der Waals surface area (Å²) in [5.74, 6) is -1.15. The van der Waals surface area contributed by atoms with E-state index in [0.29, 0.717) is 25.2 Å². The van der Waals surface area contributed by atoms with Crippen molar-refractivity contribution in [3.63, 3.8) is 0 Å². The van der Waals surface area contributed by atoms with Gasteiger partial charge in [0.1, 0.15) is 11.3 Å². The van der Waals surface area contributed by atoms with E-state index in [1.165, 1.54) is 42.2 Å². The van der Waals surface area contributed by atoms with Crippen LogP contribution in [0.25, 0.3) is 10.9 Å². The molecule has 2 N–H and O–H groups in total. The maximum atomic E-state index is 14.7. The highest BCUT2D eigenvalue weighted by Crippen LogP contribution is 2.41. The summed E-state index contributed by atoms with van der Waals surface area (Å²) >= 11 is 12.4. The van der Waals surface area contributed by atoms with Gasteiger partial charge < -0.3 is 15.2 Å². The van der Waals surface area contributed by atoms with E-state index in [-0.39, 0.29) is 32.1 Å². The highest BCUT2D eigenvalue weighted by Gasteiger charge is 2.40. The Morgan fingerprint density at radius 3 is 2.75 bits per heavy atom. The average molecular weight is 425 g/mol. The number of nitrogens with zero attached hydrogens (tertiary/aromatic N) is 2. The van der Waals surface area contributed by atoms with E-state index in [1.807, 2.05) is 0 Å². The quantitative estimate of drug-likeness (QED) is 0.627. The molecule has 1 atom stereocenters. The number of aryl methyl sites for hydroxylation is 1. The molecule has 146 valence electrons. The second-order valence-electron chi connectivity index (χ2n) is 6.87. The molecule has 1 fully saturated rings. The fourth-order valence-corrected chi connectivity index (χ4v) is 4.16. The van der Waals surface area contributed by atoms with Crippen molar-refractivity contribution in [1.82, 2.24) is 14.9 Å². The molecule has 2 heterocycles. The molecule has 9 heteroatoms. The van der Waals surface area contributed by atoms with Crippen LogP contribution in [0, 0.1) is 11.6 Å². The zero-order chi connectivity index (χ0) is 20.1. The minimum Gasteiger partial charge on any atom is -0.374 e. The smallest absolute Gasteiger partial charge is 0.261 e. The molecule has 0 amide bonds. The van der Waals surface area contributed by atoms with Gasteiger partial charge in [-0.1, -0.05) is 23.2 Å². The van der Waals surface area contributed by atoms with Crippen LogP contribution in [0.15, 0.2) is 35.4 Å². The molecule has 1 aromatic heterocycles. The molecule has 0 bridgehead atoms. The Morgan fingerprint density at radius 1 is 1.25 bits per heavy atom. The fraction of sp³-hybridized carbons (Fsp3) is 0.263. The van der Waals surface area contributed by atoms with E-state index < -0.39 is 17.2 Å². The molecule has 28 heavy (non-hydrogen) atoms. The predicted molar refractivity (Wildman–Crippen MR) is 106 cm³/mol. The lowest BCUT2D eigenvalue weighted by Gasteiger charge is -2.33. The van der Waals surface area contributed by atoms with Crippen LogP contribution in [-0.4, -0.2) is 22.6 Å². The van der Waals surface area contributed by atoms with Gasteiger partial charge in [0, 0.05) is 24.8 Å². The first-order valence-electron chi connectivity index (χ1n) is 8.60. The molecule has 1 saturated heterocycles. The van der Waals surface area contributed by atoms with Gasteiger partial charge in [0.2, 0.25) is 0 Å². The molecule has 4 rings (SSSR count). The van der Waals surface area contributed by atoms with Crippen molar-refractivity contribution in [1.29, 1.82) is 0 Å². The molecule has 3 aromatic rings. The topological polar surface area (TPSA) is 59.0 Å². The number of nitrogens with one attached hydrogen (secondary N) is 2. The van der Waals surface area contributed by atoms with Gasteiger partial charge in [0.05, 0.1) is 27.3 Å². The zero-order valence-corrected chi connectivity index (χ0v) is 16.3. The fourth-order valence-electron chi connectivity index (χ4n) is 3.67. The molecule has 5 nitrogen and oxygen atoms in total. The summed E-state index contributed by atoms with van der Waals surface area (Å²) in [7, 11) is 1.54. The predicted octanol–water partition coefficient (Wildman–Crippen LogP) is 3.82. The van der Waals surface area contributed by atoms with Crippen LogP contribution in [0.1, 0.15) is 12.0 Å². The van der Waals surface area contributed by atoms with Gasteiger partial charge in [-0.25, -0.2) is 13.8 Å². The van der Waals surface area contributed by atoms with Gasteiger partial charge >= 0.3 is 0 Å². The monoisotopic (exact) mass is 424 g/mol. The summed E-state index contributed by atoms with van der Waals surface area (Å²) < 4.78 is 30.6. The second kappa shape index (κ2) is 6.99. The largest absolute Gasteiger partial charge is 0.374 e. The first-order chi connectivity index (χ1) is 13.3. The van der Waals surface area contributed by atoms with E-state index in [1.54, 1.807) is 0 Å². The minimum atomic E-state index is -0.945. The molecule has 1 aliphatic rings. The van der Waals surface area contributed by atoms with E-state index in [0.717, 1.165) is 0 Å². The average Bonchev–Trinajstić information content (AvgIpc) is 3.11. The number of hydrogen-bond acceptors (Lipinski definition) is 4. The van der Waals surface area contributed by atoms with Crippen LogP contribution in [0.3, 0.4) is 0 Å². The van der Waals surface area contributed by atoms with Crippen LogP contribution < -0.4 is 16.2 Å². The molecule has 0 aliphatic carbocycles. The van der Waals surface area contributed by atoms with Gasteiger partial charge in [-0.2, -0.15) is 0 Å². The number of halogens is 4. The first kappa shape index (κ1) is 19.1. The third-order valence-corrected chi connectivity index (χ3v) is 5.84. The lowest BCUT2D eigenvalue weighted by Crippen LogP contribution is -2.39. The summed E-state index contributed by atoms with van der Waals surface area (Å²) in [5, 5.41) is 6.84. The van der Waals surface area contributed by atoms with Crippen molar-refractivity contribution in [3.05, 3.63) is 68.2 Å². The Balaban J connectivity index is 1.88. The van der Waals surface area contributed by atoms with E-state index in [4.69, 9.17) is 23.2 Å². The molecule has 0 unspecified atom stereocenters. The zero-order valence-electron chi connectivity index (χ0n) is 14.8. The van der Waals surface area contributed by atoms with Gasteiger partial charge in [-0.15, -0.1) is 0 Å². The van der Waals surface area contributed by atoms with Gasteiger partial charge in [0.15, 0.2) is 5.82 Å². The van der Waals surface area contributed by atoms with Crippen molar-refractivity contribution in [2.45, 2.75) is 12.0 Å². The number of hydrogen-bond donors (Lipinski definition) is 2. The highest BCUT2D eigenvalue weighted by atomic mass is 35.5. The standard InChI is InChI=1S/C19H16Cl2F2N4O/c1-27-9-25-17-11(18(27)28)6-10(7-14(17)23)26-19(4-5-24-8-19)15-13(22)3-2-12(20)16(15)21/h2-3,6-7,9,24,26H,4-5,8H2,1H3/t19-/m1/s1. The Morgan fingerprint density at radius 2 is 2.04 bits per heavy atom. The molecule has 0 radical (unpaired) electrons. The normalized spacial score (nSPS) is 19.3. The van der Waals surface area contributed by atoms with Gasteiger partial charge in [0.25, 0.3) is 5.56 Å². The van der Waals surface area contributed by atoms with Crippen LogP contribution in [-0.2, 0) is 12.6 Å². The number of rotatable bonds is 3. The van der Waals surface area contributed by atoms with E-state index >= 15 is 0 Å². The summed E-state index contributed by atoms with van der Waals surface area (Å²) in [4.78, 5) is 16.4. The highest BCUT2D eigenvalue weighted by molar-refractivity contribution is 6.42. The van der Waals surface area contributed by atoms with Crippen LogP contribution >= 0.6 is 23.2 Å². The Bertz CT molecular complexity index is 1140. The van der Waals surface area contributed by atoms with Crippen LogP contribution in [0.4, 0.5) is 14.5 Å². The summed E-state index contributed by atoms with van der Waals surface area (Å²) in [6, 6.07) is 5.41. The third-order valence-electron chi connectivity index (χ3n) is 5.04. The Kier molecular flexibility index (Phi) is 4.77. The Labute approximate surface area is 169 Å². The van der Waals surface area contributed by atoms with Crippen LogP contribution in [0.2, 0.25) is 10.0 Å². The van der Waals surface area contributed by atoms with Crippen molar-refractivity contribution >= 4 is 39.8 Å². The summed E-state index contributed by atoms with van der Waals surface area (Å²) in [6.07, 6.45) is 1.76. The lowest BCUT2D eigenvalue weighted by atomic mass is 9.87. The number of benzene rings is 2. The molecule has 0 spiro atoms. The maximum Gasteiger partial charge on any atom is 0.261 e. The molecule has 2 aromatic carbocycles. The number of anilines is 1. The molecule has 1 aliphatic heterocycles. The van der Waals surface area contributed by atoms with E-state index in [9.17, 15) is 13.6 Å². The minimum absolute atomic E-state index is 0.0146. The second-order valence-corrected chi connectivity index (χ2v) is 7.65. The Hall–Kier alpha value is -2.22. The number of fused-ring (bicyclic) bond motifs is 1. The molecular formula is C19H16Cl2F2N4O.